The van der Waals surface area contributed by atoms with E-state index >= 15 is 0 Å². The van der Waals surface area contributed by atoms with Crippen molar-refractivity contribution in [2.45, 2.75) is 50.5 Å². The summed E-state index contributed by atoms with van der Waals surface area (Å²) in [6.45, 7) is 3.52. The summed E-state index contributed by atoms with van der Waals surface area (Å²) in [6, 6.07) is 13.4. The number of nitriles is 1. The molecule has 3 aliphatic rings. The van der Waals surface area contributed by atoms with Crippen molar-refractivity contribution in [3.8, 4) is 6.07 Å². The van der Waals surface area contributed by atoms with Crippen molar-refractivity contribution >= 4 is 29.1 Å². The summed E-state index contributed by atoms with van der Waals surface area (Å²) in [7, 11) is 0. The third-order valence-corrected chi connectivity index (χ3v) is 6.63. The van der Waals surface area contributed by atoms with Gasteiger partial charge in [0.2, 0.25) is 0 Å². The Kier molecular flexibility index (Phi) is 5.70. The number of amides is 2. The molecule has 1 heterocycles. The van der Waals surface area contributed by atoms with Gasteiger partial charge in [0.05, 0.1) is 6.07 Å². The largest absolute Gasteiger partial charge is 0.356 e. The van der Waals surface area contributed by atoms with Crippen LogP contribution < -0.4 is 21.3 Å². The van der Waals surface area contributed by atoms with Crippen LogP contribution in [-0.2, 0) is 0 Å². The minimum absolute atomic E-state index is 0.229. The van der Waals surface area contributed by atoms with E-state index in [0.717, 1.165) is 54.9 Å². The summed E-state index contributed by atoms with van der Waals surface area (Å²) < 4.78 is 0. The lowest BCUT2D eigenvalue weighted by molar-refractivity contribution is 0.0940. The summed E-state index contributed by atoms with van der Waals surface area (Å²) >= 11 is 0. The zero-order valence-electron chi connectivity index (χ0n) is 19.2. The second kappa shape index (κ2) is 8.82. The Hall–Kier alpha value is -3.86. The number of carbonyl (C=O) groups is 2. The molecule has 174 valence electrons. The van der Waals surface area contributed by atoms with E-state index in [1.165, 1.54) is 0 Å². The molecule has 1 aliphatic heterocycles. The summed E-state index contributed by atoms with van der Waals surface area (Å²) in [4.78, 5) is 29.7. The van der Waals surface area contributed by atoms with Crippen molar-refractivity contribution in [3.63, 3.8) is 0 Å². The van der Waals surface area contributed by atoms with E-state index in [1.807, 2.05) is 31.2 Å². The van der Waals surface area contributed by atoms with E-state index in [4.69, 9.17) is 0 Å². The van der Waals surface area contributed by atoms with E-state index in [9.17, 15) is 14.9 Å². The van der Waals surface area contributed by atoms with E-state index in [-0.39, 0.29) is 11.8 Å². The Balaban J connectivity index is 1.38. The highest BCUT2D eigenvalue weighted by Gasteiger charge is 2.44. The van der Waals surface area contributed by atoms with Crippen LogP contribution in [0, 0.1) is 18.3 Å². The fourth-order valence-electron chi connectivity index (χ4n) is 4.19. The molecule has 34 heavy (non-hydrogen) atoms. The minimum Gasteiger partial charge on any atom is -0.356 e. The first-order valence-corrected chi connectivity index (χ1v) is 11.8. The maximum atomic E-state index is 12.8. The third kappa shape index (κ3) is 4.60. The van der Waals surface area contributed by atoms with Crippen LogP contribution in [0.25, 0.3) is 0 Å². The average Bonchev–Trinajstić information content (AvgIpc) is 3.77. The van der Waals surface area contributed by atoms with Crippen molar-refractivity contribution in [2.24, 2.45) is 4.99 Å². The SMILES string of the molecule is Cc1c(Nc2ccc(C(=O)N=C3NCCCN3)cc2C2CC2)cccc1C(=O)NC1(C#N)CC1. The van der Waals surface area contributed by atoms with E-state index < -0.39 is 5.54 Å². The molecule has 0 radical (unpaired) electrons. The summed E-state index contributed by atoms with van der Waals surface area (Å²) in [5.41, 5.74) is 4.06. The smallest absolute Gasteiger partial charge is 0.280 e. The van der Waals surface area contributed by atoms with Crippen LogP contribution in [0.2, 0.25) is 0 Å². The molecule has 2 saturated carbocycles. The van der Waals surface area contributed by atoms with E-state index in [2.05, 4.69) is 32.3 Å². The van der Waals surface area contributed by atoms with Gasteiger partial charge in [0.25, 0.3) is 11.8 Å². The van der Waals surface area contributed by atoms with Crippen LogP contribution in [0.3, 0.4) is 0 Å². The molecule has 2 aromatic rings. The van der Waals surface area contributed by atoms with Crippen LogP contribution in [0.1, 0.15) is 69.9 Å². The molecular weight excluding hydrogens is 428 g/mol. The quantitative estimate of drug-likeness (QED) is 0.529. The van der Waals surface area contributed by atoms with E-state index in [1.54, 1.807) is 12.1 Å². The summed E-state index contributed by atoms with van der Waals surface area (Å²) in [5, 5.41) is 21.9. The maximum Gasteiger partial charge on any atom is 0.280 e. The normalized spacial score (nSPS) is 18.1. The highest BCUT2D eigenvalue weighted by Crippen LogP contribution is 2.44. The second-order valence-electron chi connectivity index (χ2n) is 9.30. The topological polar surface area (TPSA) is 118 Å². The zero-order valence-corrected chi connectivity index (χ0v) is 19.2. The summed E-state index contributed by atoms with van der Waals surface area (Å²) in [5.74, 6) is 0.437. The zero-order chi connectivity index (χ0) is 23.7. The van der Waals surface area contributed by atoms with Crippen LogP contribution in [0.4, 0.5) is 11.4 Å². The number of nitrogens with zero attached hydrogens (tertiary/aromatic N) is 2. The standard InChI is InChI=1S/C26H28N6O2/c1-16-19(24(34)32-26(15-27)10-11-26)4-2-5-21(16)30-22-9-8-18(14-20(22)17-6-7-17)23(33)31-25-28-12-3-13-29-25/h2,4-5,8-9,14,17,30H,3,6-7,10-13H2,1H3,(H,32,34)(H2,28,29,31,33). The first-order chi connectivity index (χ1) is 16.5. The van der Waals surface area contributed by atoms with Gasteiger partial charge in [0.15, 0.2) is 5.96 Å². The Morgan fingerprint density at radius 1 is 1.12 bits per heavy atom. The Labute approximate surface area is 198 Å². The van der Waals surface area contributed by atoms with Gasteiger partial charge in [-0.1, -0.05) is 6.07 Å². The van der Waals surface area contributed by atoms with Crippen LogP contribution in [0.5, 0.6) is 0 Å². The van der Waals surface area contributed by atoms with Crippen LogP contribution >= 0.6 is 0 Å². The first-order valence-electron chi connectivity index (χ1n) is 11.8. The number of hydrogen-bond acceptors (Lipinski definition) is 4. The van der Waals surface area contributed by atoms with Crippen molar-refractivity contribution in [3.05, 3.63) is 58.7 Å². The predicted molar refractivity (Wildman–Crippen MR) is 130 cm³/mol. The molecule has 5 rings (SSSR count). The molecule has 0 spiro atoms. The van der Waals surface area contributed by atoms with Gasteiger partial charge in [-0.3, -0.25) is 9.59 Å². The van der Waals surface area contributed by atoms with Crippen molar-refractivity contribution in [1.29, 1.82) is 5.26 Å². The average molecular weight is 457 g/mol. The molecular formula is C26H28N6O2. The predicted octanol–water partition coefficient (Wildman–Crippen LogP) is 3.48. The first kappa shape index (κ1) is 22.0. The van der Waals surface area contributed by atoms with Gasteiger partial charge in [-0.15, -0.1) is 0 Å². The van der Waals surface area contributed by atoms with Gasteiger partial charge in [-0.05, 0) is 86.4 Å². The molecule has 8 heteroatoms. The minimum atomic E-state index is -0.708. The van der Waals surface area contributed by atoms with Crippen molar-refractivity contribution < 1.29 is 9.59 Å². The molecule has 0 aromatic heterocycles. The maximum absolute atomic E-state index is 12.8. The number of anilines is 2. The number of benzene rings is 2. The number of aliphatic imine (C=N–C) groups is 1. The molecule has 8 nitrogen and oxygen atoms in total. The van der Waals surface area contributed by atoms with Gasteiger partial charge >= 0.3 is 0 Å². The van der Waals surface area contributed by atoms with Gasteiger partial charge in [0.1, 0.15) is 5.54 Å². The van der Waals surface area contributed by atoms with Gasteiger partial charge in [-0.25, -0.2) is 0 Å². The molecule has 0 bridgehead atoms. The van der Waals surface area contributed by atoms with Crippen LogP contribution in [0.15, 0.2) is 41.4 Å². The molecule has 4 N–H and O–H groups in total. The fraction of sp³-hybridized carbons (Fsp3) is 0.385. The third-order valence-electron chi connectivity index (χ3n) is 6.63. The lowest BCUT2D eigenvalue weighted by atomic mass is 10.0. The summed E-state index contributed by atoms with van der Waals surface area (Å²) in [6.07, 6.45) is 4.56. The molecule has 2 aromatic carbocycles. The van der Waals surface area contributed by atoms with Crippen molar-refractivity contribution in [2.75, 3.05) is 18.4 Å². The lowest BCUT2D eigenvalue weighted by Gasteiger charge is -2.18. The Morgan fingerprint density at radius 3 is 2.56 bits per heavy atom. The second-order valence-corrected chi connectivity index (χ2v) is 9.30. The van der Waals surface area contributed by atoms with Gasteiger partial charge in [0, 0.05) is 35.6 Å². The van der Waals surface area contributed by atoms with Crippen molar-refractivity contribution in [1.82, 2.24) is 16.0 Å². The Bertz CT molecular complexity index is 1210. The molecule has 0 atom stereocenters. The van der Waals surface area contributed by atoms with Gasteiger partial charge in [-0.2, -0.15) is 10.3 Å². The van der Waals surface area contributed by atoms with Crippen LogP contribution in [-0.4, -0.2) is 36.4 Å². The molecule has 2 aliphatic carbocycles. The lowest BCUT2D eigenvalue weighted by Crippen LogP contribution is -2.44. The highest BCUT2D eigenvalue weighted by atomic mass is 16.2. The number of hydrogen-bond donors (Lipinski definition) is 4. The van der Waals surface area contributed by atoms with Gasteiger partial charge < -0.3 is 21.3 Å². The monoisotopic (exact) mass is 456 g/mol. The molecule has 2 amide bonds. The fourth-order valence-corrected chi connectivity index (χ4v) is 4.19. The molecule has 1 saturated heterocycles. The van der Waals surface area contributed by atoms with E-state index in [0.29, 0.717) is 35.8 Å². The number of guanidine groups is 1. The number of carbonyl (C=O) groups excluding carboxylic acids is 2. The molecule has 0 unspecified atom stereocenters. The Morgan fingerprint density at radius 2 is 1.88 bits per heavy atom. The highest BCUT2D eigenvalue weighted by molar-refractivity contribution is 6.03. The number of rotatable bonds is 6. The molecule has 3 fully saturated rings. The number of nitrogens with one attached hydrogen (secondary N) is 4.